The van der Waals surface area contributed by atoms with Crippen LogP contribution >= 0.6 is 0 Å². The van der Waals surface area contributed by atoms with Crippen LogP contribution in [0.15, 0.2) is 0 Å². The molecule has 3 saturated heterocycles. The van der Waals surface area contributed by atoms with E-state index in [-0.39, 0.29) is 37.2 Å². The van der Waals surface area contributed by atoms with E-state index >= 15 is 0 Å². The quantitative estimate of drug-likeness (QED) is 0.119. The summed E-state index contributed by atoms with van der Waals surface area (Å²) in [6.45, 7) is 18.5. The van der Waals surface area contributed by atoms with Gasteiger partial charge in [0.2, 0.25) is 6.23 Å². The molecule has 0 bridgehead atoms. The Bertz CT molecular complexity index is 1340. The van der Waals surface area contributed by atoms with Gasteiger partial charge in [0.15, 0.2) is 12.6 Å². The van der Waals surface area contributed by atoms with Gasteiger partial charge in [-0.05, 0) is 107 Å². The average Bonchev–Trinajstić information content (AvgIpc) is 3.14. The number of alkyl halides is 3. The molecule has 6 N–H and O–H groups in total. The standard InChI is InChI=1S/C43H78F3N3O11/c1-13-32-42(10,53)35(50)27(6)48-21-23(2)19-40(8,52)36(60-38-31(18-17-24(3)55-38)57-39(47-11)43(44,45)46)25(4)34(26(5)37(51)58-32)59-33-20-41(9,54-12)30(28(7)56-33)22-49-29-15-14-16-29/h23-36,38-39,47-50,52-53H,13-22H2,1-12H3/t23-,24-,25+,26-,27-,28+,30?,31-,32-,33+,34+,35-,36-,38+,39?,40-,41-,42-/m1/s1. The van der Waals surface area contributed by atoms with E-state index in [1.807, 2.05) is 20.8 Å². The Kier molecular flexibility index (Phi) is 18.2. The van der Waals surface area contributed by atoms with Gasteiger partial charge >= 0.3 is 12.1 Å². The molecule has 2 unspecified atom stereocenters. The van der Waals surface area contributed by atoms with E-state index in [9.17, 15) is 33.3 Å². The van der Waals surface area contributed by atoms with E-state index in [2.05, 4.69) is 16.0 Å². The molecular weight excluding hydrogens is 791 g/mol. The summed E-state index contributed by atoms with van der Waals surface area (Å²) in [6, 6.07) is -0.199. The van der Waals surface area contributed by atoms with Crippen LogP contribution in [0.3, 0.4) is 0 Å². The number of esters is 1. The molecule has 14 nitrogen and oxygen atoms in total. The van der Waals surface area contributed by atoms with Crippen molar-refractivity contribution in [3.63, 3.8) is 0 Å². The minimum absolute atomic E-state index is 0.0375. The molecule has 0 aromatic carbocycles. The van der Waals surface area contributed by atoms with Gasteiger partial charge in [-0.1, -0.05) is 27.2 Å². The number of halogens is 3. The number of rotatable bonds is 12. The van der Waals surface area contributed by atoms with E-state index in [1.165, 1.54) is 13.3 Å². The van der Waals surface area contributed by atoms with E-state index in [0.717, 1.165) is 19.9 Å². The van der Waals surface area contributed by atoms with E-state index < -0.39 is 102 Å². The van der Waals surface area contributed by atoms with Crippen molar-refractivity contribution in [2.75, 3.05) is 27.2 Å². The zero-order valence-electron chi connectivity index (χ0n) is 38.1. The van der Waals surface area contributed by atoms with Crippen LogP contribution < -0.4 is 16.0 Å². The number of carbonyl (C=O) groups is 1. The zero-order valence-corrected chi connectivity index (χ0v) is 38.1. The number of cyclic esters (lactones) is 1. The van der Waals surface area contributed by atoms with E-state index in [1.54, 1.807) is 48.7 Å². The van der Waals surface area contributed by atoms with Crippen LogP contribution in [-0.4, -0.2) is 145 Å². The highest BCUT2D eigenvalue weighted by Gasteiger charge is 2.53. The SMILES string of the molecule is CC[C@H]1OC(=O)[C@H](C)[C@@H](O[C@H]2C[C@@](C)(OC)C(CNC3CCC3)[C@H](C)O2)[C@H](C)[C@@H](O[C@@H]2O[C@H](C)CC[C@H]2OC(NC)C(F)(F)F)[C@](C)(O)C[C@@H](C)CN[C@H](C)[C@@H](O)[C@]1(C)O. The highest BCUT2D eigenvalue weighted by molar-refractivity contribution is 5.73. The van der Waals surface area contributed by atoms with Crippen LogP contribution in [0.5, 0.6) is 0 Å². The first kappa shape index (κ1) is 51.4. The fraction of sp³-hybridized carbons (Fsp3) is 0.977. The molecule has 4 fully saturated rings. The lowest BCUT2D eigenvalue weighted by molar-refractivity contribution is -0.329. The van der Waals surface area contributed by atoms with Gasteiger partial charge in [-0.25, -0.2) is 0 Å². The molecule has 4 aliphatic rings. The van der Waals surface area contributed by atoms with Crippen molar-refractivity contribution in [2.24, 2.45) is 23.7 Å². The van der Waals surface area contributed by atoms with E-state index in [4.69, 9.17) is 33.2 Å². The number of ether oxygens (including phenoxy) is 7. The summed E-state index contributed by atoms with van der Waals surface area (Å²) < 4.78 is 86.2. The Morgan fingerprint density at radius 1 is 0.983 bits per heavy atom. The smallest absolute Gasteiger partial charge is 0.428 e. The third-order valence-electron chi connectivity index (χ3n) is 13.9. The second-order valence-electron chi connectivity index (χ2n) is 19.1. The van der Waals surface area contributed by atoms with Gasteiger partial charge < -0.3 is 59.1 Å². The van der Waals surface area contributed by atoms with Crippen LogP contribution in [0.4, 0.5) is 13.2 Å². The van der Waals surface area contributed by atoms with Crippen molar-refractivity contribution in [3.8, 4) is 0 Å². The largest absolute Gasteiger partial charge is 0.459 e. The number of aliphatic hydroxyl groups excluding tert-OH is 1. The molecule has 0 aromatic heterocycles. The maximum Gasteiger partial charge on any atom is 0.428 e. The van der Waals surface area contributed by atoms with Gasteiger partial charge in [0, 0.05) is 44.0 Å². The van der Waals surface area contributed by atoms with Gasteiger partial charge in [-0.15, -0.1) is 0 Å². The Balaban J connectivity index is 1.78. The molecule has 60 heavy (non-hydrogen) atoms. The fourth-order valence-electron chi connectivity index (χ4n) is 9.73. The fourth-order valence-corrected chi connectivity index (χ4v) is 9.73. The lowest BCUT2D eigenvalue weighted by Crippen LogP contribution is -2.59. The van der Waals surface area contributed by atoms with Crippen molar-refractivity contribution < 1.29 is 66.4 Å². The van der Waals surface area contributed by atoms with Gasteiger partial charge in [0.25, 0.3) is 0 Å². The number of hydrogen-bond donors (Lipinski definition) is 6. The molecule has 1 aliphatic carbocycles. The van der Waals surface area contributed by atoms with Gasteiger partial charge in [0.1, 0.15) is 23.9 Å². The summed E-state index contributed by atoms with van der Waals surface area (Å²) in [5.74, 6) is -2.98. The molecule has 3 aliphatic heterocycles. The minimum atomic E-state index is -4.73. The molecule has 1 saturated carbocycles. The van der Waals surface area contributed by atoms with Crippen molar-refractivity contribution in [2.45, 2.75) is 217 Å². The lowest BCUT2D eigenvalue weighted by atomic mass is 9.77. The molecule has 0 aromatic rings. The number of methoxy groups -OCH3 is 1. The average molecular weight is 870 g/mol. The number of hydrogen-bond acceptors (Lipinski definition) is 14. The first-order valence-electron chi connectivity index (χ1n) is 22.2. The first-order chi connectivity index (χ1) is 27.9. The minimum Gasteiger partial charge on any atom is -0.459 e. The van der Waals surface area contributed by atoms with Crippen LogP contribution in [0.25, 0.3) is 0 Å². The Labute approximate surface area is 356 Å². The highest BCUT2D eigenvalue weighted by Crippen LogP contribution is 2.42. The highest BCUT2D eigenvalue weighted by atomic mass is 19.4. The maximum atomic E-state index is 14.4. The van der Waals surface area contributed by atoms with Crippen molar-refractivity contribution >= 4 is 5.97 Å². The van der Waals surface area contributed by atoms with Crippen LogP contribution in [0.1, 0.15) is 121 Å². The third-order valence-corrected chi connectivity index (χ3v) is 13.9. The summed E-state index contributed by atoms with van der Waals surface area (Å²) in [7, 11) is 2.81. The summed E-state index contributed by atoms with van der Waals surface area (Å²) >= 11 is 0. The lowest BCUT2D eigenvalue weighted by Gasteiger charge is -2.50. The number of nitrogens with one attached hydrogen (secondary N) is 3. The Morgan fingerprint density at radius 2 is 1.65 bits per heavy atom. The first-order valence-corrected chi connectivity index (χ1v) is 22.2. The number of carbonyl (C=O) groups excluding carboxylic acids is 1. The maximum absolute atomic E-state index is 14.4. The van der Waals surface area contributed by atoms with Gasteiger partial charge in [0.05, 0.1) is 41.5 Å². The topological polar surface area (TPSA) is 178 Å². The molecule has 352 valence electrons. The summed E-state index contributed by atoms with van der Waals surface area (Å²) in [4.78, 5) is 14.4. The zero-order chi connectivity index (χ0) is 45.0. The van der Waals surface area contributed by atoms with Crippen LogP contribution in [0, 0.1) is 23.7 Å². The number of aliphatic hydroxyl groups is 3. The van der Waals surface area contributed by atoms with Gasteiger partial charge in [-0.2, -0.15) is 13.2 Å². The Hall–Kier alpha value is -1.22. The van der Waals surface area contributed by atoms with Crippen LogP contribution in [-0.2, 0) is 38.0 Å². The molecule has 17 heteroatoms. The van der Waals surface area contributed by atoms with Crippen molar-refractivity contribution in [1.29, 1.82) is 0 Å². The van der Waals surface area contributed by atoms with E-state index in [0.29, 0.717) is 32.0 Å². The van der Waals surface area contributed by atoms with Gasteiger partial charge in [-0.3, -0.25) is 10.1 Å². The second-order valence-corrected chi connectivity index (χ2v) is 19.1. The molecule has 4 rings (SSSR count). The predicted octanol–water partition coefficient (Wildman–Crippen LogP) is 4.55. The molecule has 0 spiro atoms. The van der Waals surface area contributed by atoms with Crippen molar-refractivity contribution in [1.82, 2.24) is 16.0 Å². The molecule has 18 atom stereocenters. The second kappa shape index (κ2) is 21.2. The Morgan fingerprint density at radius 3 is 2.22 bits per heavy atom. The summed E-state index contributed by atoms with van der Waals surface area (Å²) in [5.41, 5.74) is -4.25. The molecule has 0 radical (unpaired) electrons. The van der Waals surface area contributed by atoms with Crippen LogP contribution in [0.2, 0.25) is 0 Å². The monoisotopic (exact) mass is 870 g/mol. The third kappa shape index (κ3) is 12.5. The molecule has 0 amide bonds. The summed E-state index contributed by atoms with van der Waals surface area (Å²) in [5, 5.41) is 44.8. The molecule has 3 heterocycles. The molecular formula is C43H78F3N3O11. The predicted molar refractivity (Wildman–Crippen MR) is 218 cm³/mol. The normalized spacial score (nSPS) is 45.2. The summed E-state index contributed by atoms with van der Waals surface area (Å²) in [6.07, 6.45) is -11.3. The van der Waals surface area contributed by atoms with Crippen molar-refractivity contribution in [3.05, 3.63) is 0 Å².